The molecule has 0 saturated heterocycles. The van der Waals surface area contributed by atoms with Crippen LogP contribution >= 0.6 is 23.1 Å². The Kier molecular flexibility index (Phi) is 2.85. The summed E-state index contributed by atoms with van der Waals surface area (Å²) in [6.07, 6.45) is 3.40. The van der Waals surface area contributed by atoms with Crippen molar-refractivity contribution < 1.29 is 0 Å². The van der Waals surface area contributed by atoms with Gasteiger partial charge in [0.1, 0.15) is 21.8 Å². The first-order valence-electron chi connectivity index (χ1n) is 4.11. The average Bonchev–Trinajstić information content (AvgIpc) is 2.61. The van der Waals surface area contributed by atoms with Gasteiger partial charge in [-0.1, -0.05) is 0 Å². The van der Waals surface area contributed by atoms with Crippen LogP contribution in [-0.4, -0.2) is 31.3 Å². The molecule has 0 unspecified atom stereocenters. The minimum Gasteiger partial charge on any atom is -0.400 e. The van der Waals surface area contributed by atoms with Crippen LogP contribution in [0.2, 0.25) is 0 Å². The predicted octanol–water partition coefficient (Wildman–Crippen LogP) is 0.448. The third kappa shape index (κ3) is 1.60. The van der Waals surface area contributed by atoms with Gasteiger partial charge in [0.15, 0.2) is 0 Å². The lowest BCUT2D eigenvalue weighted by Crippen LogP contribution is -2.17. The molecule has 7 heteroatoms. The number of thiophene rings is 1. The fourth-order valence-electron chi connectivity index (χ4n) is 1.27. The van der Waals surface area contributed by atoms with E-state index in [4.69, 9.17) is 5.26 Å². The van der Waals surface area contributed by atoms with Crippen LogP contribution in [-0.2, 0) is 0 Å². The SMILES string of the molecule is CSc1sc2c(=O)[n]([AlH2])cnc2c1C#N. The standard InChI is InChI=1S/C8H5N3OS2.Al.2H/c1-13-8-4(2-9)5-6(14-8)7(12)11-3-10-5;;;/h3H,1H3,(H,10,11,12);;;/q;+1;;/p-1. The van der Waals surface area contributed by atoms with Crippen LogP contribution in [0.5, 0.6) is 0 Å². The summed E-state index contributed by atoms with van der Waals surface area (Å²) >= 11 is 3.45. The van der Waals surface area contributed by atoms with Gasteiger partial charge in [-0.2, -0.15) is 5.26 Å². The number of fused-ring (bicyclic) bond motifs is 1. The van der Waals surface area contributed by atoms with E-state index in [1.807, 2.05) is 6.26 Å². The Bertz CT molecular complexity index is 625. The van der Waals surface area contributed by atoms with E-state index in [2.05, 4.69) is 11.1 Å². The summed E-state index contributed by atoms with van der Waals surface area (Å²) in [7, 11) is 0. The third-order valence-electron chi connectivity index (χ3n) is 2.02. The Morgan fingerprint density at radius 3 is 3.07 bits per heavy atom. The highest BCUT2D eigenvalue weighted by Gasteiger charge is 2.14. The highest BCUT2D eigenvalue weighted by atomic mass is 32.2. The van der Waals surface area contributed by atoms with E-state index < -0.39 is 0 Å². The molecule has 0 aliphatic heterocycles. The van der Waals surface area contributed by atoms with Crippen molar-refractivity contribution in [3.8, 4) is 6.07 Å². The number of hydrogen-bond acceptors (Lipinski definition) is 5. The maximum atomic E-state index is 11.8. The van der Waals surface area contributed by atoms with Crippen molar-refractivity contribution in [2.75, 3.05) is 6.26 Å². The molecule has 0 N–H and O–H groups in total. The van der Waals surface area contributed by atoms with Crippen molar-refractivity contribution in [2.24, 2.45) is 0 Å². The van der Waals surface area contributed by atoms with Crippen LogP contribution in [0.4, 0.5) is 0 Å². The zero-order valence-corrected chi connectivity index (χ0v) is 11.8. The number of aromatic nitrogens is 2. The van der Waals surface area contributed by atoms with Crippen molar-refractivity contribution in [1.29, 1.82) is 5.26 Å². The topological polar surface area (TPSA) is 58.7 Å². The molecule has 2 rings (SSSR count). The van der Waals surface area contributed by atoms with Crippen molar-refractivity contribution in [3.05, 3.63) is 22.2 Å². The average molecular weight is 251 g/mol. The minimum absolute atomic E-state index is 0.0338. The van der Waals surface area contributed by atoms with Gasteiger partial charge < -0.3 is 3.55 Å². The molecule has 2 aromatic heterocycles. The highest BCUT2D eigenvalue weighted by molar-refractivity contribution is 8.00. The smallest absolute Gasteiger partial charge is 0.377 e. The van der Waals surface area contributed by atoms with Crippen LogP contribution < -0.4 is 5.56 Å². The minimum atomic E-state index is -0.0338. The van der Waals surface area contributed by atoms with Gasteiger partial charge in [-0.25, -0.2) is 4.98 Å². The molecule has 2 aromatic rings. The molecule has 0 aromatic carbocycles. The lowest BCUT2D eigenvalue weighted by atomic mass is 10.3. The Morgan fingerprint density at radius 1 is 1.73 bits per heavy atom. The van der Waals surface area contributed by atoms with Gasteiger partial charge in [-0.3, -0.25) is 4.79 Å². The van der Waals surface area contributed by atoms with Crippen LogP contribution in [0.15, 0.2) is 15.3 Å². The van der Waals surface area contributed by atoms with Gasteiger partial charge in [0.05, 0.1) is 10.5 Å². The number of thioether (sulfide) groups is 1. The fraction of sp³-hybridized carbons (Fsp3) is 0.125. The Balaban J connectivity index is 2.96. The molecule has 4 nitrogen and oxygen atoms in total. The Morgan fingerprint density at radius 2 is 2.47 bits per heavy atom. The largest absolute Gasteiger partial charge is 0.400 e. The second-order valence-corrected chi connectivity index (χ2v) is 5.98. The molecule has 0 saturated carbocycles. The van der Waals surface area contributed by atoms with E-state index in [-0.39, 0.29) is 5.56 Å². The summed E-state index contributed by atoms with van der Waals surface area (Å²) in [4.78, 5) is 15.9. The van der Waals surface area contributed by atoms with Crippen LogP contribution in [0, 0.1) is 11.3 Å². The molecule has 0 fully saturated rings. The van der Waals surface area contributed by atoms with Crippen LogP contribution in [0.1, 0.15) is 5.56 Å². The van der Waals surface area contributed by atoms with Gasteiger partial charge in [-0.15, -0.1) is 23.1 Å². The molecule has 15 heavy (non-hydrogen) atoms. The first-order valence-corrected chi connectivity index (χ1v) is 7.04. The predicted molar refractivity (Wildman–Crippen MR) is 64.3 cm³/mol. The third-order valence-corrected chi connectivity index (χ3v) is 4.95. The number of hydrogen-bond donors (Lipinski definition) is 0. The molecule has 2 heterocycles. The normalized spacial score (nSPS) is 10.4. The van der Waals surface area contributed by atoms with E-state index in [0.29, 0.717) is 32.3 Å². The molecule has 0 aliphatic carbocycles. The summed E-state index contributed by atoms with van der Waals surface area (Å²) in [5, 5.41) is 9.00. The molecule has 0 atom stereocenters. The fourth-order valence-corrected chi connectivity index (χ4v) is 3.61. The lowest BCUT2D eigenvalue weighted by molar-refractivity contribution is 1.08. The zero-order valence-electron chi connectivity index (χ0n) is 8.14. The number of nitrogens with zero attached hydrogens (tertiary/aromatic N) is 3. The van der Waals surface area contributed by atoms with Crippen molar-refractivity contribution in [3.63, 3.8) is 0 Å². The zero-order chi connectivity index (χ0) is 11.0. The molecule has 0 spiro atoms. The highest BCUT2D eigenvalue weighted by Crippen LogP contribution is 2.33. The van der Waals surface area contributed by atoms with Gasteiger partial charge in [-0.05, 0) is 6.26 Å². The van der Waals surface area contributed by atoms with Crippen molar-refractivity contribution in [2.45, 2.75) is 4.21 Å². The maximum absolute atomic E-state index is 11.8. The molecular weight excluding hydrogens is 245 g/mol. The molecular formula is C8H6AlN3OS2. The van der Waals surface area contributed by atoms with Gasteiger partial charge in [0.2, 0.25) is 5.56 Å². The lowest BCUT2D eigenvalue weighted by Gasteiger charge is -1.95. The van der Waals surface area contributed by atoms with Crippen molar-refractivity contribution in [1.82, 2.24) is 8.53 Å². The van der Waals surface area contributed by atoms with Crippen LogP contribution in [0.3, 0.4) is 0 Å². The molecule has 0 aliphatic rings. The van der Waals surface area contributed by atoms with Crippen molar-refractivity contribution >= 4 is 49.8 Å². The summed E-state index contributed by atoms with van der Waals surface area (Å²) in [5.41, 5.74) is 1.04. The van der Waals surface area contributed by atoms with Crippen LogP contribution in [0.25, 0.3) is 10.2 Å². The van der Waals surface area contributed by atoms with E-state index in [1.54, 1.807) is 3.55 Å². The van der Waals surface area contributed by atoms with E-state index in [1.165, 1.54) is 29.4 Å². The quantitative estimate of drug-likeness (QED) is 0.545. The molecule has 74 valence electrons. The molecule has 0 radical (unpaired) electrons. The van der Waals surface area contributed by atoms with Gasteiger partial charge in [0.25, 0.3) is 0 Å². The number of rotatable bonds is 1. The van der Waals surface area contributed by atoms with E-state index in [0.717, 1.165) is 4.21 Å². The monoisotopic (exact) mass is 251 g/mol. The van der Waals surface area contributed by atoms with Gasteiger partial charge >= 0.3 is 16.5 Å². The number of nitriles is 1. The van der Waals surface area contributed by atoms with E-state index >= 15 is 0 Å². The second-order valence-electron chi connectivity index (χ2n) is 2.92. The summed E-state index contributed by atoms with van der Waals surface area (Å²) in [5.74, 6) is 0. The van der Waals surface area contributed by atoms with E-state index in [9.17, 15) is 4.79 Å². The Hall–Kier alpha value is -0.788. The van der Waals surface area contributed by atoms with Gasteiger partial charge in [0, 0.05) is 0 Å². The second kappa shape index (κ2) is 3.99. The summed E-state index contributed by atoms with van der Waals surface area (Å²) in [6.45, 7) is 0. The first kappa shape index (κ1) is 10.7. The summed E-state index contributed by atoms with van der Waals surface area (Å²) in [6, 6.07) is 2.11. The Labute approximate surface area is 102 Å². The first-order chi connectivity index (χ1) is 7.19. The molecule has 0 bridgehead atoms. The molecule has 0 amide bonds. The maximum Gasteiger partial charge on any atom is 0.377 e. The summed E-state index contributed by atoms with van der Waals surface area (Å²) < 4.78 is 3.02.